The number of carbonyl (C=O) groups is 1. The Kier molecular flexibility index (Phi) is 6.41. The number of benzene rings is 2. The third-order valence-corrected chi connectivity index (χ3v) is 4.36. The zero-order valence-electron chi connectivity index (χ0n) is 13.8. The molecule has 0 aliphatic rings. The maximum atomic E-state index is 12.4. The van der Waals surface area contributed by atoms with Gasteiger partial charge in [-0.2, -0.15) is 0 Å². The smallest absolute Gasteiger partial charge is 0.226 e. The molecule has 1 unspecified atom stereocenters. The molecule has 2 aromatic carbocycles. The summed E-state index contributed by atoms with van der Waals surface area (Å²) < 4.78 is 30.9. The minimum atomic E-state index is -3.50. The molecule has 2 aromatic rings. The number of para-hydroxylation sites is 2. The van der Waals surface area contributed by atoms with Crippen LogP contribution in [0.15, 0.2) is 48.5 Å². The molecule has 1 amide bonds. The van der Waals surface area contributed by atoms with Gasteiger partial charge in [0.2, 0.25) is 15.9 Å². The van der Waals surface area contributed by atoms with Gasteiger partial charge in [-0.3, -0.25) is 4.79 Å². The predicted octanol–water partition coefficient (Wildman–Crippen LogP) is 2.97. The number of hydrogen-bond donors (Lipinski definition) is 2. The van der Waals surface area contributed by atoms with Crippen molar-refractivity contribution in [2.75, 3.05) is 18.7 Å². The molecule has 134 valence electrons. The van der Waals surface area contributed by atoms with Crippen LogP contribution in [0.4, 0.5) is 5.69 Å². The molecule has 8 heteroatoms. The second-order valence-electron chi connectivity index (χ2n) is 5.45. The van der Waals surface area contributed by atoms with Gasteiger partial charge >= 0.3 is 0 Å². The highest BCUT2D eigenvalue weighted by atomic mass is 35.5. The highest BCUT2D eigenvalue weighted by Gasteiger charge is 2.20. The van der Waals surface area contributed by atoms with Gasteiger partial charge < -0.3 is 10.1 Å². The molecule has 6 nitrogen and oxygen atoms in total. The Balaban J connectivity index is 2.18. The number of amides is 1. The summed E-state index contributed by atoms with van der Waals surface area (Å²) in [6.07, 6.45) is 0.973. The Hall–Kier alpha value is -2.09. The first-order valence-electron chi connectivity index (χ1n) is 7.44. The first-order valence-corrected chi connectivity index (χ1v) is 9.71. The van der Waals surface area contributed by atoms with E-state index in [1.165, 1.54) is 7.11 Å². The Morgan fingerprint density at radius 2 is 1.80 bits per heavy atom. The number of hydrogen-bond acceptors (Lipinski definition) is 4. The van der Waals surface area contributed by atoms with Gasteiger partial charge in [-0.1, -0.05) is 35.9 Å². The molecule has 25 heavy (non-hydrogen) atoms. The molecular formula is C17H19ClN2O4S. The Bertz CT molecular complexity index is 838. The summed E-state index contributed by atoms with van der Waals surface area (Å²) in [7, 11) is -1.99. The third kappa shape index (κ3) is 6.04. The van der Waals surface area contributed by atoms with Crippen molar-refractivity contribution in [3.8, 4) is 5.75 Å². The van der Waals surface area contributed by atoms with E-state index in [1.54, 1.807) is 48.5 Å². The van der Waals surface area contributed by atoms with Gasteiger partial charge in [0.05, 0.1) is 25.1 Å². The Morgan fingerprint density at radius 1 is 1.16 bits per heavy atom. The SMILES string of the molecule is COc1ccccc1NC(=O)CC(NS(C)(=O)=O)c1ccc(Cl)cc1. The van der Waals surface area contributed by atoms with Gasteiger partial charge in [0.15, 0.2) is 0 Å². The molecule has 0 bridgehead atoms. The van der Waals surface area contributed by atoms with Crippen LogP contribution in [0.5, 0.6) is 5.75 Å². The number of nitrogens with one attached hydrogen (secondary N) is 2. The van der Waals surface area contributed by atoms with Crippen LogP contribution in [0.2, 0.25) is 5.02 Å². The molecular weight excluding hydrogens is 364 g/mol. The molecule has 0 heterocycles. The fourth-order valence-corrected chi connectivity index (χ4v) is 3.18. The number of carbonyl (C=O) groups excluding carboxylic acids is 1. The van der Waals surface area contributed by atoms with E-state index < -0.39 is 16.1 Å². The van der Waals surface area contributed by atoms with Crippen molar-refractivity contribution in [2.45, 2.75) is 12.5 Å². The van der Waals surface area contributed by atoms with Gasteiger partial charge in [0, 0.05) is 11.4 Å². The van der Waals surface area contributed by atoms with E-state index in [9.17, 15) is 13.2 Å². The molecule has 0 aliphatic carbocycles. The Labute approximate surface area is 152 Å². The molecule has 0 fully saturated rings. The lowest BCUT2D eigenvalue weighted by Gasteiger charge is -2.18. The van der Waals surface area contributed by atoms with Crippen LogP contribution < -0.4 is 14.8 Å². The summed E-state index contributed by atoms with van der Waals surface area (Å²) >= 11 is 5.86. The first kappa shape index (κ1) is 19.2. The monoisotopic (exact) mass is 382 g/mol. The molecule has 2 N–H and O–H groups in total. The van der Waals surface area contributed by atoms with Crippen molar-refractivity contribution in [1.82, 2.24) is 4.72 Å². The lowest BCUT2D eigenvalue weighted by Crippen LogP contribution is -2.30. The van der Waals surface area contributed by atoms with Crippen LogP contribution in [-0.4, -0.2) is 27.7 Å². The van der Waals surface area contributed by atoms with Gasteiger partial charge in [-0.05, 0) is 29.8 Å². The highest BCUT2D eigenvalue weighted by Crippen LogP contribution is 2.25. The van der Waals surface area contributed by atoms with Gasteiger partial charge in [-0.25, -0.2) is 13.1 Å². The molecule has 0 spiro atoms. The summed E-state index contributed by atoms with van der Waals surface area (Å²) in [4.78, 5) is 12.4. The number of methoxy groups -OCH3 is 1. The number of rotatable bonds is 7. The maximum absolute atomic E-state index is 12.4. The van der Waals surface area contributed by atoms with Crippen molar-refractivity contribution in [2.24, 2.45) is 0 Å². The number of ether oxygens (including phenoxy) is 1. The van der Waals surface area contributed by atoms with Gasteiger partial charge in [-0.15, -0.1) is 0 Å². The van der Waals surface area contributed by atoms with E-state index in [0.717, 1.165) is 6.26 Å². The zero-order chi connectivity index (χ0) is 18.4. The van der Waals surface area contributed by atoms with Crippen LogP contribution >= 0.6 is 11.6 Å². The fraction of sp³-hybridized carbons (Fsp3) is 0.235. The average Bonchev–Trinajstić information content (AvgIpc) is 2.54. The van der Waals surface area contributed by atoms with Gasteiger partial charge in [0.25, 0.3) is 0 Å². The topological polar surface area (TPSA) is 84.5 Å². The largest absolute Gasteiger partial charge is 0.495 e. The minimum Gasteiger partial charge on any atom is -0.495 e. The van der Waals surface area contributed by atoms with Crippen molar-refractivity contribution in [3.05, 3.63) is 59.1 Å². The quantitative estimate of drug-likeness (QED) is 0.771. The summed E-state index contributed by atoms with van der Waals surface area (Å²) in [5.74, 6) is 0.176. The van der Waals surface area contributed by atoms with Crippen molar-refractivity contribution >= 4 is 33.2 Å². The van der Waals surface area contributed by atoms with E-state index >= 15 is 0 Å². The maximum Gasteiger partial charge on any atom is 0.226 e. The van der Waals surface area contributed by atoms with Crippen LogP contribution in [0.3, 0.4) is 0 Å². The van der Waals surface area contributed by atoms with Crippen LogP contribution in [0.25, 0.3) is 0 Å². The normalized spacial score (nSPS) is 12.4. The van der Waals surface area contributed by atoms with Crippen LogP contribution in [0.1, 0.15) is 18.0 Å². The molecule has 0 saturated heterocycles. The predicted molar refractivity (Wildman–Crippen MR) is 98.4 cm³/mol. The van der Waals surface area contributed by atoms with Crippen molar-refractivity contribution in [1.29, 1.82) is 0 Å². The summed E-state index contributed by atoms with van der Waals surface area (Å²) in [5, 5.41) is 3.26. The Morgan fingerprint density at radius 3 is 2.40 bits per heavy atom. The molecule has 2 rings (SSSR count). The first-order chi connectivity index (χ1) is 11.8. The zero-order valence-corrected chi connectivity index (χ0v) is 15.4. The number of halogens is 1. The molecule has 1 atom stereocenters. The van der Waals surface area contributed by atoms with E-state index in [1.807, 2.05) is 0 Å². The standard InChI is InChI=1S/C17H19ClN2O4S/c1-24-16-6-4-3-5-14(16)19-17(21)11-15(20-25(2,22)23)12-7-9-13(18)10-8-12/h3-10,15,20H,11H2,1-2H3,(H,19,21). The van der Waals surface area contributed by atoms with E-state index in [0.29, 0.717) is 22.0 Å². The third-order valence-electron chi connectivity index (χ3n) is 3.40. The van der Waals surface area contributed by atoms with Crippen molar-refractivity contribution < 1.29 is 17.9 Å². The lowest BCUT2D eigenvalue weighted by atomic mass is 10.0. The summed E-state index contributed by atoms with van der Waals surface area (Å²) in [6, 6.07) is 12.9. The molecule has 0 aliphatic heterocycles. The van der Waals surface area contributed by atoms with Crippen LogP contribution in [-0.2, 0) is 14.8 Å². The number of sulfonamides is 1. The minimum absolute atomic E-state index is 0.0766. The fourth-order valence-electron chi connectivity index (χ4n) is 2.32. The second-order valence-corrected chi connectivity index (χ2v) is 7.66. The van der Waals surface area contributed by atoms with E-state index in [-0.39, 0.29) is 12.3 Å². The molecule has 0 radical (unpaired) electrons. The van der Waals surface area contributed by atoms with Crippen LogP contribution in [0, 0.1) is 0 Å². The highest BCUT2D eigenvalue weighted by molar-refractivity contribution is 7.88. The summed E-state index contributed by atoms with van der Waals surface area (Å²) in [5.41, 5.74) is 1.16. The average molecular weight is 383 g/mol. The van der Waals surface area contributed by atoms with E-state index in [4.69, 9.17) is 16.3 Å². The van der Waals surface area contributed by atoms with E-state index in [2.05, 4.69) is 10.0 Å². The number of anilines is 1. The molecule has 0 aromatic heterocycles. The van der Waals surface area contributed by atoms with Gasteiger partial charge in [0.1, 0.15) is 5.75 Å². The van der Waals surface area contributed by atoms with Crippen molar-refractivity contribution in [3.63, 3.8) is 0 Å². The lowest BCUT2D eigenvalue weighted by molar-refractivity contribution is -0.116. The second kappa shape index (κ2) is 8.33. The summed E-state index contributed by atoms with van der Waals surface area (Å²) in [6.45, 7) is 0. The molecule has 0 saturated carbocycles.